The first kappa shape index (κ1) is 41.0. The number of benzene rings is 3. The van der Waals surface area contributed by atoms with Gasteiger partial charge in [-0.05, 0) is 186 Å². The summed E-state index contributed by atoms with van der Waals surface area (Å²) < 4.78 is 2.94. The lowest BCUT2D eigenvalue weighted by atomic mass is 9.33. The fourth-order valence-electron chi connectivity index (χ4n) is 12.6. The van der Waals surface area contributed by atoms with Crippen molar-refractivity contribution in [2.75, 3.05) is 9.80 Å². The fraction of sp³-hybridized carbons (Fsp3) is 0.424. The second-order valence-corrected chi connectivity index (χ2v) is 23.9. The number of thiophene rings is 1. The maximum absolute atomic E-state index is 3.79. The lowest BCUT2D eigenvalue weighted by Crippen LogP contribution is -2.56. The van der Waals surface area contributed by atoms with Gasteiger partial charge in [0.15, 0.2) is 0 Å². The molecule has 0 amide bonds. The minimum absolute atomic E-state index is 0.114. The molecule has 4 heteroatoms. The van der Waals surface area contributed by atoms with Crippen LogP contribution in [0.25, 0.3) is 15.7 Å². The van der Waals surface area contributed by atoms with Crippen molar-refractivity contribution >= 4 is 72.4 Å². The molecule has 2 nitrogen and oxygen atoms in total. The lowest BCUT2D eigenvalue weighted by molar-refractivity contribution is 0.122. The molecule has 2 unspecified atom stereocenters. The lowest BCUT2D eigenvalue weighted by Gasteiger charge is -2.53. The SMILES string of the molecule is CCC(C)c1ccc(N2c3cc(C)cc4c3B(C3=C(C=C5C(C3)C(C)(C)CCC5(C)C)N4c3c#cccc3C3=CC=CCC3)c3sc4cc5c(cc4c32)C(C)(C)CCC5(C)C)cc1. The van der Waals surface area contributed by atoms with Crippen LogP contribution in [0.4, 0.5) is 28.4 Å². The Balaban J connectivity index is 1.26. The van der Waals surface area contributed by atoms with Crippen LogP contribution < -0.4 is 20.0 Å². The Hall–Kier alpha value is -4.72. The Bertz CT molecular complexity index is 2850. The topological polar surface area (TPSA) is 6.48 Å². The van der Waals surface area contributed by atoms with Crippen LogP contribution in [0.5, 0.6) is 0 Å². The first-order chi connectivity index (χ1) is 30.0. The Morgan fingerprint density at radius 3 is 2.24 bits per heavy atom. The summed E-state index contributed by atoms with van der Waals surface area (Å²) in [5, 5.41) is 1.42. The normalized spacial score (nSPS) is 22.6. The third-order valence-corrected chi connectivity index (χ3v) is 18.2. The molecule has 5 aromatic rings. The van der Waals surface area contributed by atoms with Gasteiger partial charge < -0.3 is 9.80 Å². The maximum atomic E-state index is 3.79. The van der Waals surface area contributed by atoms with Crippen molar-refractivity contribution in [3.05, 3.63) is 142 Å². The van der Waals surface area contributed by atoms with Crippen LogP contribution in [0.3, 0.4) is 0 Å². The van der Waals surface area contributed by atoms with E-state index in [1.807, 2.05) is 0 Å². The van der Waals surface area contributed by atoms with Crippen LogP contribution in [0.15, 0.2) is 102 Å². The van der Waals surface area contributed by atoms with E-state index < -0.39 is 0 Å². The zero-order chi connectivity index (χ0) is 44.0. The van der Waals surface area contributed by atoms with E-state index in [2.05, 4.69) is 194 Å². The first-order valence-corrected chi connectivity index (χ1v) is 25.0. The number of nitrogens with zero attached hydrogens (tertiary/aromatic N) is 2. The van der Waals surface area contributed by atoms with Crippen molar-refractivity contribution in [2.45, 2.75) is 144 Å². The smallest absolute Gasteiger partial charge is 0.260 e. The molecule has 1 aromatic heterocycles. The van der Waals surface area contributed by atoms with Crippen molar-refractivity contribution in [1.29, 1.82) is 0 Å². The van der Waals surface area contributed by atoms with Crippen molar-refractivity contribution in [1.82, 2.24) is 0 Å². The van der Waals surface area contributed by atoms with Crippen molar-refractivity contribution in [2.24, 2.45) is 16.7 Å². The summed E-state index contributed by atoms with van der Waals surface area (Å²) in [5.41, 5.74) is 21.5. The number of hydrogen-bond donors (Lipinski definition) is 0. The highest BCUT2D eigenvalue weighted by Crippen LogP contribution is 2.60. The van der Waals surface area contributed by atoms with E-state index in [-0.39, 0.29) is 28.4 Å². The largest absolute Gasteiger partial charge is 0.310 e. The van der Waals surface area contributed by atoms with Gasteiger partial charge in [0.05, 0.1) is 5.69 Å². The fourth-order valence-corrected chi connectivity index (χ4v) is 14.0. The Morgan fingerprint density at radius 2 is 1.54 bits per heavy atom. The molecule has 4 aromatic carbocycles. The van der Waals surface area contributed by atoms with Gasteiger partial charge in [-0.2, -0.15) is 0 Å². The van der Waals surface area contributed by atoms with Crippen LogP contribution in [-0.2, 0) is 10.8 Å². The Kier molecular flexibility index (Phi) is 9.21. The second kappa shape index (κ2) is 14.1. The molecule has 4 aliphatic carbocycles. The van der Waals surface area contributed by atoms with Crippen molar-refractivity contribution in [3.63, 3.8) is 0 Å². The summed E-state index contributed by atoms with van der Waals surface area (Å²) in [6, 6.07) is 31.6. The van der Waals surface area contributed by atoms with E-state index in [1.165, 1.54) is 102 Å². The van der Waals surface area contributed by atoms with E-state index >= 15 is 0 Å². The Morgan fingerprint density at radius 1 is 0.841 bits per heavy atom. The highest BCUT2D eigenvalue weighted by Gasteiger charge is 2.53. The molecule has 320 valence electrons. The van der Waals surface area contributed by atoms with Gasteiger partial charge in [-0.15, -0.1) is 11.3 Å². The van der Waals surface area contributed by atoms with Crippen LogP contribution in [-0.4, -0.2) is 6.71 Å². The van der Waals surface area contributed by atoms with E-state index in [0.717, 1.165) is 31.4 Å². The zero-order valence-corrected chi connectivity index (χ0v) is 40.6. The average Bonchev–Trinajstić information content (AvgIpc) is 3.64. The molecule has 63 heavy (non-hydrogen) atoms. The van der Waals surface area contributed by atoms with Crippen LogP contribution >= 0.6 is 11.3 Å². The number of fused-ring (bicyclic) bond motifs is 7. The second-order valence-electron chi connectivity index (χ2n) is 22.9. The van der Waals surface area contributed by atoms with Gasteiger partial charge >= 0.3 is 0 Å². The van der Waals surface area contributed by atoms with E-state index in [1.54, 1.807) is 16.6 Å². The van der Waals surface area contributed by atoms with Crippen LogP contribution in [0.2, 0.25) is 0 Å². The molecule has 2 aliphatic heterocycles. The first-order valence-electron chi connectivity index (χ1n) is 24.2. The summed E-state index contributed by atoms with van der Waals surface area (Å²) in [7, 11) is 0. The summed E-state index contributed by atoms with van der Waals surface area (Å²) in [4.78, 5) is 5.36. The monoisotopic (exact) mass is 844 g/mol. The molecule has 3 heterocycles. The van der Waals surface area contributed by atoms with Gasteiger partial charge in [-0.1, -0.05) is 117 Å². The number of allylic oxidation sites excluding steroid dienone is 7. The molecule has 6 aliphatic rings. The molecule has 1 saturated carbocycles. The molecule has 11 rings (SSSR count). The number of anilines is 5. The third-order valence-electron chi connectivity index (χ3n) is 17.0. The van der Waals surface area contributed by atoms with Crippen LogP contribution in [0.1, 0.15) is 154 Å². The maximum Gasteiger partial charge on any atom is 0.260 e. The quantitative estimate of drug-likeness (QED) is 0.163. The van der Waals surface area contributed by atoms with Gasteiger partial charge in [0.1, 0.15) is 5.69 Å². The van der Waals surface area contributed by atoms with Gasteiger partial charge in [-0.25, -0.2) is 0 Å². The van der Waals surface area contributed by atoms with Gasteiger partial charge in [0.2, 0.25) is 0 Å². The standard InChI is InChI=1S/C59H65BN2S/c1-12-37(3)38-22-24-40(25-23-38)61-50-30-36(2)31-51-53(50)60(55-54(61)42-32-43-46(35-52(42)63-55)59(10,11)29-26-56(43,4)5)47-33-44-45(58(8,9)28-27-57(44,6)7)34-49(47)62(51)48-21-17-16-20-41(48)39-18-14-13-15-19-39/h13-14,16,18,20,22-25,30-32,34-35,37,44H,12,15,19,26-29,33H2,1-11H3. The highest BCUT2D eigenvalue weighted by atomic mass is 32.1. The molecule has 0 spiro atoms. The molecule has 0 radical (unpaired) electrons. The molecule has 2 atom stereocenters. The van der Waals surface area contributed by atoms with Gasteiger partial charge in [0.25, 0.3) is 6.71 Å². The number of aryl methyl sites for hydroxylation is 1. The highest BCUT2D eigenvalue weighted by molar-refractivity contribution is 7.32. The average molecular weight is 845 g/mol. The minimum Gasteiger partial charge on any atom is -0.310 e. The number of hydrogen-bond acceptors (Lipinski definition) is 3. The molecule has 0 N–H and O–H groups in total. The summed E-state index contributed by atoms with van der Waals surface area (Å²) in [5.74, 6) is 0.998. The molecular weight excluding hydrogens is 780 g/mol. The zero-order valence-electron chi connectivity index (χ0n) is 39.8. The van der Waals surface area contributed by atoms with Crippen molar-refractivity contribution in [3.8, 4) is 0 Å². The van der Waals surface area contributed by atoms with Crippen molar-refractivity contribution < 1.29 is 0 Å². The van der Waals surface area contributed by atoms with Crippen LogP contribution in [0, 0.1) is 35.8 Å². The van der Waals surface area contributed by atoms with Gasteiger partial charge in [0, 0.05) is 43.2 Å². The number of rotatable bonds is 5. The molecule has 1 fully saturated rings. The van der Waals surface area contributed by atoms with E-state index in [0.29, 0.717) is 11.8 Å². The summed E-state index contributed by atoms with van der Waals surface area (Å²) in [6.45, 7) is 27.2. The molecule has 0 saturated heterocycles. The predicted molar refractivity (Wildman–Crippen MR) is 273 cm³/mol. The van der Waals surface area contributed by atoms with E-state index in [9.17, 15) is 0 Å². The molecular formula is C59H65BN2S. The predicted octanol–water partition coefficient (Wildman–Crippen LogP) is 15.5. The Labute approximate surface area is 383 Å². The van der Waals surface area contributed by atoms with E-state index in [4.69, 9.17) is 0 Å². The molecule has 0 bridgehead atoms. The van der Waals surface area contributed by atoms with Gasteiger partial charge in [-0.3, -0.25) is 0 Å². The summed E-state index contributed by atoms with van der Waals surface area (Å²) >= 11 is 2.09. The summed E-state index contributed by atoms with van der Waals surface area (Å²) in [6.07, 6.45) is 18.8. The third kappa shape index (κ3) is 6.18. The minimum atomic E-state index is 0.114.